The van der Waals surface area contributed by atoms with Crippen LogP contribution in [0.3, 0.4) is 0 Å². The molecule has 6 aromatic rings. The standard InChI is InChI=1S/C30H28N6OS/c1-17-8-11-26(38-17)20-6-5-7-23-21(20)13-25(33-23)29-28-24(35-36-29)10-9-22(34-28)18-12-19(16-31-15-18)32-27(37)14-30(2,3)4/h5-13,15-16,33H,14H2,1-4H3,(H,32,37)(H,35,36). The number of aromatic amines is 2. The molecule has 0 atom stereocenters. The molecule has 0 spiro atoms. The average Bonchev–Trinajstić information content (AvgIpc) is 3.60. The van der Waals surface area contributed by atoms with Crippen molar-refractivity contribution in [2.45, 2.75) is 34.1 Å². The van der Waals surface area contributed by atoms with Crippen molar-refractivity contribution >= 4 is 44.9 Å². The van der Waals surface area contributed by atoms with Crippen molar-refractivity contribution in [2.24, 2.45) is 5.41 Å². The summed E-state index contributed by atoms with van der Waals surface area (Å²) in [6, 6.07) is 18.6. The Morgan fingerprint density at radius 2 is 1.89 bits per heavy atom. The Kier molecular flexibility index (Phi) is 5.84. The lowest BCUT2D eigenvalue weighted by Crippen LogP contribution is -2.19. The number of aryl methyl sites for hydroxylation is 1. The number of nitrogens with one attached hydrogen (secondary N) is 3. The molecule has 1 amide bonds. The van der Waals surface area contributed by atoms with Crippen molar-refractivity contribution in [3.8, 4) is 33.1 Å². The molecule has 3 N–H and O–H groups in total. The number of aromatic nitrogens is 5. The SMILES string of the molecule is Cc1ccc(-c2cccc3[nH]c(-c4n[nH]c5ccc(-c6cncc(NC(=O)CC(C)(C)C)c6)nc45)cc23)s1. The highest BCUT2D eigenvalue weighted by molar-refractivity contribution is 7.15. The van der Waals surface area contributed by atoms with Gasteiger partial charge in [0.05, 0.1) is 28.8 Å². The number of thiophene rings is 1. The fourth-order valence-corrected chi connectivity index (χ4v) is 5.57. The average molecular weight is 521 g/mol. The largest absolute Gasteiger partial charge is 0.353 e. The molecule has 0 radical (unpaired) electrons. The van der Waals surface area contributed by atoms with Crippen LogP contribution in [0.2, 0.25) is 0 Å². The van der Waals surface area contributed by atoms with E-state index < -0.39 is 0 Å². The van der Waals surface area contributed by atoms with Crippen LogP contribution >= 0.6 is 11.3 Å². The molecular formula is C30H28N6OS. The fraction of sp³-hybridized carbons (Fsp3) is 0.200. The Morgan fingerprint density at radius 1 is 1.03 bits per heavy atom. The highest BCUT2D eigenvalue weighted by atomic mass is 32.1. The summed E-state index contributed by atoms with van der Waals surface area (Å²) in [5, 5.41) is 11.8. The molecule has 1 aromatic carbocycles. The zero-order valence-electron chi connectivity index (χ0n) is 21.7. The zero-order chi connectivity index (χ0) is 26.4. The van der Waals surface area contributed by atoms with Crippen LogP contribution in [-0.2, 0) is 4.79 Å². The van der Waals surface area contributed by atoms with E-state index in [9.17, 15) is 4.79 Å². The highest BCUT2D eigenvalue weighted by Gasteiger charge is 2.18. The summed E-state index contributed by atoms with van der Waals surface area (Å²) in [6.07, 6.45) is 3.84. The molecule has 0 saturated heterocycles. The van der Waals surface area contributed by atoms with Crippen molar-refractivity contribution in [1.29, 1.82) is 0 Å². The van der Waals surface area contributed by atoms with Crippen molar-refractivity contribution in [3.05, 3.63) is 71.9 Å². The quantitative estimate of drug-likeness (QED) is 0.218. The van der Waals surface area contributed by atoms with Gasteiger partial charge in [-0.05, 0) is 54.8 Å². The monoisotopic (exact) mass is 520 g/mol. The Morgan fingerprint density at radius 3 is 2.68 bits per heavy atom. The molecule has 38 heavy (non-hydrogen) atoms. The predicted molar refractivity (Wildman–Crippen MR) is 155 cm³/mol. The number of hydrogen-bond donors (Lipinski definition) is 3. The molecule has 190 valence electrons. The van der Waals surface area contributed by atoms with E-state index in [2.05, 4.69) is 68.8 Å². The second kappa shape index (κ2) is 9.22. The smallest absolute Gasteiger partial charge is 0.224 e. The van der Waals surface area contributed by atoms with Gasteiger partial charge in [-0.15, -0.1) is 11.3 Å². The molecular weight excluding hydrogens is 492 g/mol. The maximum absolute atomic E-state index is 12.4. The zero-order valence-corrected chi connectivity index (χ0v) is 22.5. The van der Waals surface area contributed by atoms with E-state index in [-0.39, 0.29) is 11.3 Å². The van der Waals surface area contributed by atoms with Crippen LogP contribution in [0.25, 0.3) is 55.0 Å². The topological polar surface area (TPSA) is 99.4 Å². The number of carbonyl (C=O) groups is 1. The molecule has 0 unspecified atom stereocenters. The first-order chi connectivity index (χ1) is 18.2. The molecule has 0 aliphatic heterocycles. The Bertz CT molecular complexity index is 1800. The van der Waals surface area contributed by atoms with Crippen molar-refractivity contribution in [3.63, 3.8) is 0 Å². The van der Waals surface area contributed by atoms with E-state index in [0.29, 0.717) is 12.1 Å². The van der Waals surface area contributed by atoms with E-state index in [4.69, 9.17) is 4.98 Å². The molecule has 0 bridgehead atoms. The van der Waals surface area contributed by atoms with Gasteiger partial charge in [-0.3, -0.25) is 14.9 Å². The number of hydrogen-bond acceptors (Lipinski definition) is 5. The minimum absolute atomic E-state index is 0.0344. The first kappa shape index (κ1) is 24.1. The number of amides is 1. The second-order valence-corrected chi connectivity index (χ2v) is 12.1. The molecule has 8 heteroatoms. The summed E-state index contributed by atoms with van der Waals surface area (Å²) >= 11 is 1.79. The van der Waals surface area contributed by atoms with Gasteiger partial charge in [0.25, 0.3) is 0 Å². The van der Waals surface area contributed by atoms with Gasteiger partial charge in [-0.2, -0.15) is 5.10 Å². The summed E-state index contributed by atoms with van der Waals surface area (Å²) in [7, 11) is 0. The van der Waals surface area contributed by atoms with Crippen LogP contribution in [0.15, 0.2) is 67.0 Å². The van der Waals surface area contributed by atoms with Gasteiger partial charge in [0.1, 0.15) is 11.2 Å². The summed E-state index contributed by atoms with van der Waals surface area (Å²) in [6.45, 7) is 8.25. The molecule has 5 heterocycles. The van der Waals surface area contributed by atoms with Gasteiger partial charge in [0, 0.05) is 44.4 Å². The van der Waals surface area contributed by atoms with Gasteiger partial charge in [0.2, 0.25) is 5.91 Å². The van der Waals surface area contributed by atoms with Crippen LogP contribution < -0.4 is 5.32 Å². The van der Waals surface area contributed by atoms with Crippen LogP contribution in [0.5, 0.6) is 0 Å². The molecule has 0 aliphatic carbocycles. The Balaban J connectivity index is 1.36. The van der Waals surface area contributed by atoms with Crippen molar-refractivity contribution < 1.29 is 4.79 Å². The van der Waals surface area contributed by atoms with Crippen molar-refractivity contribution in [1.82, 2.24) is 25.1 Å². The van der Waals surface area contributed by atoms with E-state index in [1.807, 2.05) is 39.0 Å². The Labute approximate surface area is 224 Å². The third kappa shape index (κ3) is 4.70. The highest BCUT2D eigenvalue weighted by Crippen LogP contribution is 2.36. The van der Waals surface area contributed by atoms with Gasteiger partial charge in [-0.25, -0.2) is 4.98 Å². The molecule has 0 aliphatic rings. The van der Waals surface area contributed by atoms with Crippen molar-refractivity contribution in [2.75, 3.05) is 5.32 Å². The van der Waals surface area contributed by atoms with Gasteiger partial charge in [-0.1, -0.05) is 32.9 Å². The summed E-state index contributed by atoms with van der Waals surface area (Å²) < 4.78 is 0. The number of benzene rings is 1. The number of carbonyl (C=O) groups excluding carboxylic acids is 1. The number of rotatable bonds is 5. The second-order valence-electron chi connectivity index (χ2n) is 10.8. The molecule has 0 saturated carbocycles. The fourth-order valence-electron chi connectivity index (χ4n) is 4.66. The van der Waals surface area contributed by atoms with Gasteiger partial charge >= 0.3 is 0 Å². The number of anilines is 1. The maximum Gasteiger partial charge on any atom is 0.224 e. The van der Waals surface area contributed by atoms with Gasteiger partial charge in [0.15, 0.2) is 0 Å². The number of pyridine rings is 2. The maximum atomic E-state index is 12.4. The van der Waals surface area contributed by atoms with Gasteiger partial charge < -0.3 is 10.3 Å². The van der Waals surface area contributed by atoms with E-state index in [1.165, 1.54) is 15.3 Å². The third-order valence-corrected chi connectivity index (χ3v) is 7.38. The lowest BCUT2D eigenvalue weighted by atomic mass is 9.92. The van der Waals surface area contributed by atoms with E-state index in [0.717, 1.165) is 44.6 Å². The first-order valence-electron chi connectivity index (χ1n) is 12.5. The number of nitrogens with zero attached hydrogens (tertiary/aromatic N) is 3. The van der Waals surface area contributed by atoms with E-state index in [1.54, 1.807) is 23.7 Å². The molecule has 0 fully saturated rings. The predicted octanol–water partition coefficient (Wildman–Crippen LogP) is 7.58. The Hall–Kier alpha value is -4.30. The number of fused-ring (bicyclic) bond motifs is 2. The minimum Gasteiger partial charge on any atom is -0.353 e. The molecule has 5 aromatic heterocycles. The van der Waals surface area contributed by atoms with E-state index >= 15 is 0 Å². The summed E-state index contributed by atoms with van der Waals surface area (Å²) in [5.74, 6) is -0.0344. The normalized spacial score (nSPS) is 11.9. The van der Waals surface area contributed by atoms with Crippen LogP contribution in [-0.4, -0.2) is 31.1 Å². The lowest BCUT2D eigenvalue weighted by Gasteiger charge is -2.17. The van der Waals surface area contributed by atoms with Crippen LogP contribution in [0.1, 0.15) is 32.1 Å². The number of H-pyrrole nitrogens is 2. The lowest BCUT2D eigenvalue weighted by molar-refractivity contribution is -0.117. The molecule has 7 nitrogen and oxygen atoms in total. The third-order valence-electron chi connectivity index (χ3n) is 6.34. The summed E-state index contributed by atoms with van der Waals surface area (Å²) in [5.41, 5.74) is 7.66. The van der Waals surface area contributed by atoms with Crippen LogP contribution in [0.4, 0.5) is 5.69 Å². The molecule has 6 rings (SSSR count). The summed E-state index contributed by atoms with van der Waals surface area (Å²) in [4.78, 5) is 27.8. The first-order valence-corrected chi connectivity index (χ1v) is 13.3. The minimum atomic E-state index is -0.0918. The van der Waals surface area contributed by atoms with Crippen LogP contribution in [0, 0.1) is 12.3 Å².